The van der Waals surface area contributed by atoms with Crippen LogP contribution < -0.4 is 0 Å². The van der Waals surface area contributed by atoms with Crippen molar-refractivity contribution in [3.05, 3.63) is 35.9 Å². The van der Waals surface area contributed by atoms with E-state index in [9.17, 15) is 21.6 Å². The van der Waals surface area contributed by atoms with E-state index in [4.69, 9.17) is 19.5 Å². The van der Waals surface area contributed by atoms with Gasteiger partial charge in [0.1, 0.15) is 12.2 Å². The maximum Gasteiger partial charge on any atom is 0.523 e. The number of rotatable bonds is 7. The highest BCUT2D eigenvalue weighted by molar-refractivity contribution is 7.87. The minimum absolute atomic E-state index is 0.0425. The number of hydrogen-bond donors (Lipinski definition) is 0. The molecule has 0 bridgehead atoms. The van der Waals surface area contributed by atoms with Crippen LogP contribution in [0.2, 0.25) is 0 Å². The number of methoxy groups -OCH3 is 1. The molecule has 0 radical (unpaired) electrons. The molecule has 1 fully saturated rings. The minimum atomic E-state index is -5.90. The topological polar surface area (TPSA) is 94.8 Å². The molecule has 144 valence electrons. The molecule has 0 saturated carbocycles. The summed E-state index contributed by atoms with van der Waals surface area (Å²) in [5.41, 5.74) is -4.91. The third-order valence-corrected chi connectivity index (χ3v) is 4.64. The molecule has 0 amide bonds. The predicted molar refractivity (Wildman–Crippen MR) is 80.8 cm³/mol. The monoisotopic (exact) mass is 395 g/mol. The fourth-order valence-corrected chi connectivity index (χ4v) is 3.01. The smallest absolute Gasteiger partial charge is 0.368 e. The Hall–Kier alpha value is -1.71. The number of nitrogens with zero attached hydrogens (tertiary/aromatic N) is 1. The third-order valence-electron chi connectivity index (χ3n) is 3.60. The van der Waals surface area contributed by atoms with Gasteiger partial charge in [-0.25, -0.2) is 0 Å². The van der Waals surface area contributed by atoms with Crippen molar-refractivity contribution >= 4 is 10.1 Å². The molecule has 1 aromatic rings. The highest BCUT2D eigenvalue weighted by atomic mass is 32.2. The van der Waals surface area contributed by atoms with Crippen LogP contribution in [-0.4, -0.2) is 45.6 Å². The second-order valence-corrected chi connectivity index (χ2v) is 6.93. The van der Waals surface area contributed by atoms with Gasteiger partial charge < -0.3 is 14.2 Å². The molecule has 0 N–H and O–H groups in total. The van der Waals surface area contributed by atoms with Crippen molar-refractivity contribution in [1.82, 2.24) is 0 Å². The van der Waals surface area contributed by atoms with Gasteiger partial charge in [0.15, 0.2) is 12.4 Å². The number of hydrogen-bond acceptors (Lipinski definition) is 7. The second-order valence-electron chi connectivity index (χ2n) is 5.36. The highest BCUT2D eigenvalue weighted by Gasteiger charge is 2.55. The van der Waals surface area contributed by atoms with Crippen LogP contribution in [0.3, 0.4) is 0 Å². The summed E-state index contributed by atoms with van der Waals surface area (Å²) in [6, 6.07) is 10.5. The summed E-state index contributed by atoms with van der Waals surface area (Å²) in [7, 11) is -4.79. The van der Waals surface area contributed by atoms with Gasteiger partial charge in [0.25, 0.3) is 0 Å². The summed E-state index contributed by atoms with van der Waals surface area (Å²) in [6.45, 7) is -0.0425. The molecule has 4 atom stereocenters. The Morgan fingerprint density at radius 2 is 1.88 bits per heavy atom. The molecular formula is C15H16F3NO6S. The first-order chi connectivity index (χ1) is 12.2. The summed E-state index contributed by atoms with van der Waals surface area (Å²) in [5.74, 6) is 0. The van der Waals surface area contributed by atoms with E-state index in [0.717, 1.165) is 7.11 Å². The van der Waals surface area contributed by atoms with Gasteiger partial charge in [0.2, 0.25) is 0 Å². The molecule has 7 nitrogen and oxygen atoms in total. The zero-order chi connectivity index (χ0) is 19.4. The highest BCUT2D eigenvalue weighted by Crippen LogP contribution is 2.34. The van der Waals surface area contributed by atoms with Crippen LogP contribution in [-0.2, 0) is 35.1 Å². The first-order valence-electron chi connectivity index (χ1n) is 7.40. The van der Waals surface area contributed by atoms with Crippen molar-refractivity contribution in [3.8, 4) is 6.07 Å². The van der Waals surface area contributed by atoms with E-state index in [1.165, 1.54) is 0 Å². The SMILES string of the molecule is CO[C@H]1O[C@H](CC#N)[C@H](OCc2ccccc2)[C@H]1OS(=O)(=O)C(F)(F)F. The summed E-state index contributed by atoms with van der Waals surface area (Å²) < 4.78 is 80.7. The largest absolute Gasteiger partial charge is 0.523 e. The Morgan fingerprint density at radius 3 is 2.42 bits per heavy atom. The van der Waals surface area contributed by atoms with Gasteiger partial charge in [0, 0.05) is 7.11 Å². The lowest BCUT2D eigenvalue weighted by Gasteiger charge is -2.23. The van der Waals surface area contributed by atoms with Gasteiger partial charge in [0.05, 0.1) is 19.1 Å². The van der Waals surface area contributed by atoms with Crippen LogP contribution >= 0.6 is 0 Å². The summed E-state index contributed by atoms with van der Waals surface area (Å²) in [4.78, 5) is 0. The molecule has 0 unspecified atom stereocenters. The summed E-state index contributed by atoms with van der Waals surface area (Å²) in [5, 5.41) is 8.87. The molecule has 1 aromatic carbocycles. The third kappa shape index (κ3) is 4.72. The molecule has 11 heteroatoms. The van der Waals surface area contributed by atoms with Gasteiger partial charge >= 0.3 is 15.6 Å². The van der Waals surface area contributed by atoms with E-state index < -0.39 is 40.2 Å². The number of alkyl halides is 3. The van der Waals surface area contributed by atoms with E-state index in [0.29, 0.717) is 5.56 Å². The van der Waals surface area contributed by atoms with Gasteiger partial charge in [-0.15, -0.1) is 0 Å². The van der Waals surface area contributed by atoms with Gasteiger partial charge in [-0.2, -0.15) is 26.9 Å². The van der Waals surface area contributed by atoms with Crippen molar-refractivity contribution in [1.29, 1.82) is 5.26 Å². The quantitative estimate of drug-likeness (QED) is 0.515. The van der Waals surface area contributed by atoms with Crippen LogP contribution in [0.15, 0.2) is 30.3 Å². The Morgan fingerprint density at radius 1 is 1.23 bits per heavy atom. The van der Waals surface area contributed by atoms with Gasteiger partial charge in [-0.05, 0) is 5.56 Å². The van der Waals surface area contributed by atoms with Crippen molar-refractivity contribution in [2.75, 3.05) is 7.11 Å². The second kappa shape index (κ2) is 8.32. The van der Waals surface area contributed by atoms with E-state index in [-0.39, 0.29) is 13.0 Å². The van der Waals surface area contributed by atoms with E-state index in [2.05, 4.69) is 4.18 Å². The molecule has 1 saturated heterocycles. The lowest BCUT2D eigenvalue weighted by Crippen LogP contribution is -2.42. The fourth-order valence-electron chi connectivity index (χ4n) is 2.41. The number of nitriles is 1. The lowest BCUT2D eigenvalue weighted by molar-refractivity contribution is -0.145. The molecule has 0 aliphatic carbocycles. The van der Waals surface area contributed by atoms with E-state index >= 15 is 0 Å². The zero-order valence-electron chi connectivity index (χ0n) is 13.5. The molecule has 0 aromatic heterocycles. The van der Waals surface area contributed by atoms with E-state index in [1.807, 2.05) is 6.07 Å². The average Bonchev–Trinajstić information content (AvgIpc) is 2.89. The summed E-state index contributed by atoms with van der Waals surface area (Å²) >= 11 is 0. The zero-order valence-corrected chi connectivity index (χ0v) is 14.4. The molecule has 0 spiro atoms. The Kier molecular flexibility index (Phi) is 6.59. The average molecular weight is 395 g/mol. The normalized spacial score (nSPS) is 26.6. The van der Waals surface area contributed by atoms with Crippen LogP contribution in [0.25, 0.3) is 0 Å². The minimum Gasteiger partial charge on any atom is -0.368 e. The van der Waals surface area contributed by atoms with Gasteiger partial charge in [-0.1, -0.05) is 30.3 Å². The van der Waals surface area contributed by atoms with Crippen molar-refractivity contribution in [2.24, 2.45) is 0 Å². The van der Waals surface area contributed by atoms with E-state index in [1.54, 1.807) is 30.3 Å². The predicted octanol–water partition coefficient (Wildman–Crippen LogP) is 2.09. The van der Waals surface area contributed by atoms with Crippen LogP contribution in [0.1, 0.15) is 12.0 Å². The molecule has 26 heavy (non-hydrogen) atoms. The van der Waals surface area contributed by atoms with Crippen molar-refractivity contribution in [2.45, 2.75) is 43.1 Å². The first-order valence-corrected chi connectivity index (χ1v) is 8.80. The number of halogens is 3. The lowest BCUT2D eigenvalue weighted by atomic mass is 10.1. The molecule has 1 aliphatic rings. The van der Waals surface area contributed by atoms with Crippen molar-refractivity contribution < 1.29 is 40.0 Å². The first kappa shape index (κ1) is 20.6. The number of ether oxygens (including phenoxy) is 3. The molecule has 2 rings (SSSR count). The maximum atomic E-state index is 12.7. The summed E-state index contributed by atoms with van der Waals surface area (Å²) in [6.07, 6.45) is -5.66. The molecular weight excluding hydrogens is 379 g/mol. The Balaban J connectivity index is 2.23. The number of benzene rings is 1. The fraction of sp³-hybridized carbons (Fsp3) is 0.533. The molecule has 1 heterocycles. The Bertz CT molecular complexity index is 734. The van der Waals surface area contributed by atoms with Crippen LogP contribution in [0.5, 0.6) is 0 Å². The van der Waals surface area contributed by atoms with Crippen LogP contribution in [0, 0.1) is 11.3 Å². The van der Waals surface area contributed by atoms with Crippen molar-refractivity contribution in [3.63, 3.8) is 0 Å². The van der Waals surface area contributed by atoms with Crippen LogP contribution in [0.4, 0.5) is 13.2 Å². The standard InChI is InChI=1S/C15H16F3NO6S/c1-22-14-13(25-26(20,21)15(16,17)18)12(11(24-14)7-8-19)23-9-10-5-3-2-4-6-10/h2-6,11-14H,7,9H2,1H3/t11-,12+,13-,14+/m1/s1. The Labute approximate surface area is 148 Å². The molecule has 1 aliphatic heterocycles. The van der Waals surface area contributed by atoms with Gasteiger partial charge in [-0.3, -0.25) is 4.18 Å². The maximum absolute atomic E-state index is 12.7.